The molecule has 1 aliphatic rings. The summed E-state index contributed by atoms with van der Waals surface area (Å²) in [6, 6.07) is 135. The van der Waals surface area contributed by atoms with E-state index in [0.717, 1.165) is 5.69 Å². The fourth-order valence-electron chi connectivity index (χ4n) is 15.4. The molecule has 434 valence electrons. The lowest BCUT2D eigenvalue weighted by Gasteiger charge is -2.34. The van der Waals surface area contributed by atoms with Crippen molar-refractivity contribution in [1.29, 1.82) is 0 Å². The third kappa shape index (κ3) is 8.79. The number of rotatable bonds is 11. The molecule has 15 aromatic carbocycles. The van der Waals surface area contributed by atoms with Crippen LogP contribution in [0.2, 0.25) is 0 Å². The maximum Gasteiger partial charge on any atom is 0.0713 e. The van der Waals surface area contributed by atoms with Crippen molar-refractivity contribution in [1.82, 2.24) is 9.13 Å². The Morgan fingerprint density at radius 1 is 0.172 bits per heavy atom. The van der Waals surface area contributed by atoms with Gasteiger partial charge in [-0.3, -0.25) is 0 Å². The average Bonchev–Trinajstić information content (AvgIpc) is 1.57. The van der Waals surface area contributed by atoms with Gasteiger partial charge in [0, 0.05) is 32.7 Å². The summed E-state index contributed by atoms with van der Waals surface area (Å²) in [6.45, 7) is 0. The average molecular weight is 1180 g/mol. The second-order valence-electron chi connectivity index (χ2n) is 24.6. The summed E-state index contributed by atoms with van der Waals surface area (Å²) in [5.41, 5.74) is 30.8. The van der Waals surface area contributed by atoms with Crippen molar-refractivity contribution in [2.45, 2.75) is 5.41 Å². The molecule has 0 radical (unpaired) electrons. The van der Waals surface area contributed by atoms with Crippen LogP contribution in [0.5, 0.6) is 0 Å². The lowest BCUT2D eigenvalue weighted by molar-refractivity contribution is 0.769. The van der Waals surface area contributed by atoms with Gasteiger partial charge in [-0.05, 0) is 161 Å². The highest BCUT2D eigenvalue weighted by Crippen LogP contribution is 2.57. The Labute approximate surface area is 541 Å². The van der Waals surface area contributed by atoms with Crippen LogP contribution in [0.15, 0.2) is 364 Å². The van der Waals surface area contributed by atoms with Gasteiger partial charge in [0.2, 0.25) is 0 Å². The highest BCUT2D eigenvalue weighted by atomic mass is 15.0. The smallest absolute Gasteiger partial charge is 0.0713 e. The molecule has 2 nitrogen and oxygen atoms in total. The molecule has 2 heterocycles. The predicted octanol–water partition coefficient (Wildman–Crippen LogP) is 23.9. The van der Waals surface area contributed by atoms with Gasteiger partial charge < -0.3 is 9.13 Å². The number of aromatic nitrogens is 2. The van der Waals surface area contributed by atoms with Crippen LogP contribution in [0.3, 0.4) is 0 Å². The molecule has 0 bridgehead atoms. The minimum absolute atomic E-state index is 0.564. The standard InChI is InChI=1S/C91H60N2/c1-3-23-64(24-4-1)73-31-7-8-32-74(73)70-28-22-30-72(58-70)91(83-39-15-9-35-77(83)78-36-10-16-40-84(78)91)71-29-21-27-67(57-71)63-47-45-61(46-48-63)62-49-51-66(52-50-62)76-34-12-18-42-86(76)93-88-44-20-14-38-80(88)82-60-69(54-56-90(82)93)68-53-55-89-81(59-68)79-37-13-19-43-87(79)92(89)85-41-17-11-33-75(85)65-25-5-2-6-26-65/h1-60H. The molecule has 0 saturated heterocycles. The summed E-state index contributed by atoms with van der Waals surface area (Å²) in [6.07, 6.45) is 0. The van der Waals surface area contributed by atoms with E-state index in [2.05, 4.69) is 373 Å². The van der Waals surface area contributed by atoms with E-state index in [1.807, 2.05) is 0 Å². The van der Waals surface area contributed by atoms with Crippen LogP contribution in [-0.4, -0.2) is 9.13 Å². The van der Waals surface area contributed by atoms with E-state index in [-0.39, 0.29) is 0 Å². The summed E-state index contributed by atoms with van der Waals surface area (Å²) in [7, 11) is 0. The van der Waals surface area contributed by atoms with Gasteiger partial charge in [-0.2, -0.15) is 0 Å². The molecule has 2 aromatic heterocycles. The second kappa shape index (κ2) is 22.1. The fourth-order valence-corrected chi connectivity index (χ4v) is 15.4. The number of benzene rings is 15. The van der Waals surface area contributed by atoms with Crippen molar-refractivity contribution in [3.05, 3.63) is 386 Å². The Morgan fingerprint density at radius 3 is 0.989 bits per heavy atom. The molecule has 0 atom stereocenters. The van der Waals surface area contributed by atoms with E-state index in [0.29, 0.717) is 0 Å². The van der Waals surface area contributed by atoms with E-state index in [1.54, 1.807) is 0 Å². The van der Waals surface area contributed by atoms with Crippen LogP contribution in [0.25, 0.3) is 144 Å². The van der Waals surface area contributed by atoms with Crippen molar-refractivity contribution in [2.75, 3.05) is 0 Å². The van der Waals surface area contributed by atoms with Gasteiger partial charge in [0.05, 0.1) is 38.9 Å². The summed E-state index contributed by atoms with van der Waals surface area (Å²) in [5.74, 6) is 0. The zero-order valence-electron chi connectivity index (χ0n) is 51.0. The first kappa shape index (κ1) is 53.9. The molecule has 0 spiro atoms. The zero-order valence-corrected chi connectivity index (χ0v) is 51.0. The van der Waals surface area contributed by atoms with Crippen LogP contribution < -0.4 is 0 Å². The third-order valence-electron chi connectivity index (χ3n) is 19.7. The second-order valence-corrected chi connectivity index (χ2v) is 24.6. The Hall–Kier alpha value is -12.1. The highest BCUT2D eigenvalue weighted by molar-refractivity contribution is 6.13. The highest BCUT2D eigenvalue weighted by Gasteiger charge is 2.46. The molecule has 0 saturated carbocycles. The van der Waals surface area contributed by atoms with Crippen molar-refractivity contribution in [2.24, 2.45) is 0 Å². The van der Waals surface area contributed by atoms with Crippen LogP contribution in [0.4, 0.5) is 0 Å². The molecule has 0 unspecified atom stereocenters. The predicted molar refractivity (Wildman–Crippen MR) is 390 cm³/mol. The SMILES string of the molecule is c1ccc(-c2ccccc2-c2cccc(C3(c4cccc(-c5ccc(-c6ccc(-c7ccccc7-n7c8ccccc8c8cc(-c9ccc%10c(c9)c9ccccc9n%10-c9ccccc9-c9ccccc9)ccc87)cc6)cc5)c4)c4ccccc4-c4ccccc43)c2)cc1. The van der Waals surface area contributed by atoms with E-state index >= 15 is 0 Å². The molecule has 0 fully saturated rings. The Balaban J connectivity index is 0.669. The molecule has 18 rings (SSSR count). The van der Waals surface area contributed by atoms with E-state index in [4.69, 9.17) is 0 Å². The number of fused-ring (bicyclic) bond motifs is 9. The fraction of sp³-hybridized carbons (Fsp3) is 0.0110. The Morgan fingerprint density at radius 2 is 0.484 bits per heavy atom. The summed E-state index contributed by atoms with van der Waals surface area (Å²) in [4.78, 5) is 0. The maximum absolute atomic E-state index is 2.46. The van der Waals surface area contributed by atoms with Gasteiger partial charge in [-0.15, -0.1) is 0 Å². The van der Waals surface area contributed by atoms with E-state index < -0.39 is 5.41 Å². The molecule has 17 aromatic rings. The Kier molecular flexibility index (Phi) is 12.8. The summed E-state index contributed by atoms with van der Waals surface area (Å²) in [5, 5.41) is 4.92. The molecular formula is C91H60N2. The van der Waals surface area contributed by atoms with Crippen molar-refractivity contribution >= 4 is 43.6 Å². The first-order valence-corrected chi connectivity index (χ1v) is 32.2. The molecule has 0 aliphatic heterocycles. The van der Waals surface area contributed by atoms with E-state index in [9.17, 15) is 0 Å². The van der Waals surface area contributed by atoms with Crippen LogP contribution in [0, 0.1) is 0 Å². The van der Waals surface area contributed by atoms with Gasteiger partial charge in [0.25, 0.3) is 0 Å². The minimum atomic E-state index is -0.564. The third-order valence-corrected chi connectivity index (χ3v) is 19.7. The van der Waals surface area contributed by atoms with Gasteiger partial charge in [0.15, 0.2) is 0 Å². The molecular weight excluding hydrogens is 1120 g/mol. The molecule has 0 N–H and O–H groups in total. The quantitative estimate of drug-likeness (QED) is 0.122. The molecule has 0 amide bonds. The lowest BCUT2D eigenvalue weighted by Crippen LogP contribution is -2.28. The maximum atomic E-state index is 2.46. The largest absolute Gasteiger partial charge is 0.309 e. The van der Waals surface area contributed by atoms with Gasteiger partial charge in [-0.1, -0.05) is 303 Å². The van der Waals surface area contributed by atoms with E-state index in [1.165, 1.54) is 161 Å². The first-order chi connectivity index (χ1) is 46.1. The zero-order chi connectivity index (χ0) is 61.4. The normalized spacial score (nSPS) is 12.4. The van der Waals surface area contributed by atoms with Crippen molar-refractivity contribution in [3.8, 4) is 100 Å². The minimum Gasteiger partial charge on any atom is -0.309 e. The number of nitrogens with zero attached hydrogens (tertiary/aromatic N) is 2. The van der Waals surface area contributed by atoms with Gasteiger partial charge in [0.1, 0.15) is 0 Å². The summed E-state index contributed by atoms with van der Waals surface area (Å²) >= 11 is 0. The lowest BCUT2D eigenvalue weighted by atomic mass is 9.67. The summed E-state index contributed by atoms with van der Waals surface area (Å²) < 4.78 is 4.90. The number of hydrogen-bond donors (Lipinski definition) is 0. The van der Waals surface area contributed by atoms with Crippen molar-refractivity contribution < 1.29 is 0 Å². The van der Waals surface area contributed by atoms with Crippen LogP contribution >= 0.6 is 0 Å². The molecule has 2 heteroatoms. The molecule has 93 heavy (non-hydrogen) atoms. The topological polar surface area (TPSA) is 9.86 Å². The number of hydrogen-bond acceptors (Lipinski definition) is 0. The molecule has 1 aliphatic carbocycles. The van der Waals surface area contributed by atoms with Crippen LogP contribution in [-0.2, 0) is 5.41 Å². The van der Waals surface area contributed by atoms with Gasteiger partial charge >= 0.3 is 0 Å². The first-order valence-electron chi connectivity index (χ1n) is 32.2. The van der Waals surface area contributed by atoms with Gasteiger partial charge in [-0.25, -0.2) is 0 Å². The number of para-hydroxylation sites is 4. The van der Waals surface area contributed by atoms with Crippen LogP contribution in [0.1, 0.15) is 22.3 Å². The monoisotopic (exact) mass is 1180 g/mol. The Bertz CT molecular complexity index is 5680. The van der Waals surface area contributed by atoms with Crippen molar-refractivity contribution in [3.63, 3.8) is 0 Å².